The molecule has 1 aromatic carbocycles. The van der Waals surface area contributed by atoms with Crippen molar-refractivity contribution in [1.82, 2.24) is 19.7 Å². The van der Waals surface area contributed by atoms with Gasteiger partial charge in [0.2, 0.25) is 0 Å². The molecule has 0 spiro atoms. The van der Waals surface area contributed by atoms with Crippen molar-refractivity contribution in [3.8, 4) is 17.1 Å². The van der Waals surface area contributed by atoms with Crippen molar-refractivity contribution in [1.29, 1.82) is 0 Å². The van der Waals surface area contributed by atoms with Crippen molar-refractivity contribution < 1.29 is 18.0 Å². The van der Waals surface area contributed by atoms with Gasteiger partial charge in [0.1, 0.15) is 0 Å². The number of alkyl halides is 3. The third kappa shape index (κ3) is 3.79. The Morgan fingerprint density at radius 2 is 2.07 bits per heavy atom. The first kappa shape index (κ1) is 18.9. The lowest BCUT2D eigenvalue weighted by Gasteiger charge is -2.10. The van der Waals surface area contributed by atoms with Crippen LogP contribution >= 0.6 is 11.3 Å². The van der Waals surface area contributed by atoms with Crippen molar-refractivity contribution in [3.63, 3.8) is 0 Å². The van der Waals surface area contributed by atoms with E-state index in [1.54, 1.807) is 18.5 Å². The number of hydrogen-bond donors (Lipinski definition) is 2. The van der Waals surface area contributed by atoms with E-state index in [1.165, 1.54) is 34.3 Å². The molecule has 0 fully saturated rings. The molecule has 1 amide bonds. The number of benzene rings is 1. The monoisotopic (exact) mass is 417 g/mol. The zero-order valence-corrected chi connectivity index (χ0v) is 15.8. The molecule has 2 N–H and O–H groups in total. The molecule has 0 aliphatic rings. The zero-order valence-electron chi connectivity index (χ0n) is 15.0. The molecule has 10 heteroatoms. The quantitative estimate of drug-likeness (QED) is 0.496. The van der Waals surface area contributed by atoms with Crippen LogP contribution in [0.5, 0.6) is 0 Å². The van der Waals surface area contributed by atoms with Crippen molar-refractivity contribution >= 4 is 22.4 Å². The van der Waals surface area contributed by atoms with Crippen molar-refractivity contribution in [2.24, 2.45) is 0 Å². The summed E-state index contributed by atoms with van der Waals surface area (Å²) in [6.07, 6.45) is -1.36. The Morgan fingerprint density at radius 3 is 2.79 bits per heavy atom. The molecule has 148 valence electrons. The summed E-state index contributed by atoms with van der Waals surface area (Å²) >= 11 is 1.27. The second kappa shape index (κ2) is 7.21. The number of aromatic nitrogens is 4. The Morgan fingerprint density at radius 1 is 1.24 bits per heavy atom. The van der Waals surface area contributed by atoms with E-state index >= 15 is 0 Å². The Labute approximate surface area is 167 Å². The SMILES string of the molecule is Cc1c(C(=O)Nc2nc(-c3ccc[nH]3)cs2)cnn1-c1cccc(C(F)(F)F)c1. The topological polar surface area (TPSA) is 75.6 Å². The number of carbonyl (C=O) groups excluding carboxylic acids is 1. The van der Waals surface area contributed by atoms with E-state index < -0.39 is 17.6 Å². The molecule has 3 heterocycles. The van der Waals surface area contributed by atoms with E-state index in [1.807, 2.05) is 12.1 Å². The number of rotatable bonds is 4. The highest BCUT2D eigenvalue weighted by atomic mass is 32.1. The summed E-state index contributed by atoms with van der Waals surface area (Å²) < 4.78 is 40.2. The number of nitrogens with one attached hydrogen (secondary N) is 2. The minimum atomic E-state index is -4.46. The lowest BCUT2D eigenvalue weighted by molar-refractivity contribution is -0.137. The average molecular weight is 417 g/mol. The average Bonchev–Trinajstić information content (AvgIpc) is 3.41. The number of halogens is 3. The normalized spacial score (nSPS) is 11.6. The minimum absolute atomic E-state index is 0.222. The van der Waals surface area contributed by atoms with Crippen LogP contribution in [0.3, 0.4) is 0 Å². The summed E-state index contributed by atoms with van der Waals surface area (Å²) in [5, 5.41) is 9.00. The summed E-state index contributed by atoms with van der Waals surface area (Å²) in [5.74, 6) is -0.437. The molecule has 0 aliphatic heterocycles. The number of aromatic amines is 1. The zero-order chi connectivity index (χ0) is 20.6. The maximum Gasteiger partial charge on any atom is 0.416 e. The highest BCUT2D eigenvalue weighted by Crippen LogP contribution is 2.30. The van der Waals surface area contributed by atoms with Crippen LogP contribution in [0.2, 0.25) is 0 Å². The van der Waals surface area contributed by atoms with E-state index in [4.69, 9.17) is 0 Å². The number of thiazole rings is 1. The lowest BCUT2D eigenvalue weighted by atomic mass is 10.2. The molecule has 29 heavy (non-hydrogen) atoms. The molecule has 0 radical (unpaired) electrons. The van der Waals surface area contributed by atoms with Gasteiger partial charge in [0.05, 0.1) is 40.1 Å². The largest absolute Gasteiger partial charge is 0.416 e. The Kier molecular flexibility index (Phi) is 4.71. The molecular formula is C19H14F3N5OS. The van der Waals surface area contributed by atoms with E-state index in [-0.39, 0.29) is 11.3 Å². The molecule has 0 aliphatic carbocycles. The van der Waals surface area contributed by atoms with Gasteiger partial charge in [-0.05, 0) is 37.3 Å². The van der Waals surface area contributed by atoms with Crippen molar-refractivity contribution in [2.45, 2.75) is 13.1 Å². The number of nitrogens with zero attached hydrogens (tertiary/aromatic N) is 3. The highest BCUT2D eigenvalue weighted by Gasteiger charge is 2.30. The second-order valence-electron chi connectivity index (χ2n) is 6.18. The molecule has 0 unspecified atom stereocenters. The molecule has 4 rings (SSSR count). The minimum Gasteiger partial charge on any atom is -0.360 e. The van der Waals surface area contributed by atoms with E-state index in [0.717, 1.165) is 17.8 Å². The van der Waals surface area contributed by atoms with Crippen LogP contribution in [0.25, 0.3) is 17.1 Å². The smallest absolute Gasteiger partial charge is 0.360 e. The van der Waals surface area contributed by atoms with Crippen molar-refractivity contribution in [2.75, 3.05) is 5.32 Å². The van der Waals surface area contributed by atoms with E-state index in [0.29, 0.717) is 16.5 Å². The first-order valence-electron chi connectivity index (χ1n) is 8.46. The van der Waals surface area contributed by atoms with Crippen LogP contribution in [0.1, 0.15) is 21.6 Å². The Hall–Kier alpha value is -3.40. The Balaban J connectivity index is 1.56. The van der Waals surface area contributed by atoms with Crippen molar-refractivity contribution in [3.05, 3.63) is 71.0 Å². The molecule has 0 atom stereocenters. The predicted molar refractivity (Wildman–Crippen MR) is 103 cm³/mol. The third-order valence-corrected chi connectivity index (χ3v) is 5.03. The van der Waals surface area contributed by atoms with Gasteiger partial charge in [0, 0.05) is 11.6 Å². The fourth-order valence-corrected chi connectivity index (χ4v) is 3.52. The van der Waals surface area contributed by atoms with Gasteiger partial charge >= 0.3 is 6.18 Å². The fraction of sp³-hybridized carbons (Fsp3) is 0.105. The molecule has 3 aromatic heterocycles. The lowest BCUT2D eigenvalue weighted by Crippen LogP contribution is -2.13. The van der Waals surface area contributed by atoms with Gasteiger partial charge in [-0.15, -0.1) is 11.3 Å². The van der Waals surface area contributed by atoms with Crippen LogP contribution in [0, 0.1) is 6.92 Å². The summed E-state index contributed by atoms with van der Waals surface area (Å²) in [6.45, 7) is 1.62. The van der Waals surface area contributed by atoms with Gasteiger partial charge < -0.3 is 4.98 Å². The Bertz CT molecular complexity index is 1160. The molecule has 6 nitrogen and oxygen atoms in total. The van der Waals surface area contributed by atoms with E-state index in [2.05, 4.69) is 20.4 Å². The fourth-order valence-electron chi connectivity index (χ4n) is 2.82. The van der Waals surface area contributed by atoms with Crippen LogP contribution in [0.4, 0.5) is 18.3 Å². The maximum absolute atomic E-state index is 13.0. The van der Waals surface area contributed by atoms with Gasteiger partial charge in [-0.25, -0.2) is 9.67 Å². The first-order chi connectivity index (χ1) is 13.8. The maximum atomic E-state index is 13.0. The first-order valence-corrected chi connectivity index (χ1v) is 9.34. The molecule has 4 aromatic rings. The molecule has 0 saturated heterocycles. The van der Waals surface area contributed by atoms with Gasteiger partial charge in [-0.2, -0.15) is 18.3 Å². The van der Waals surface area contributed by atoms with Gasteiger partial charge in [0.25, 0.3) is 5.91 Å². The molecular weight excluding hydrogens is 403 g/mol. The summed E-state index contributed by atoms with van der Waals surface area (Å²) in [4.78, 5) is 20.0. The number of anilines is 1. The number of amides is 1. The summed E-state index contributed by atoms with van der Waals surface area (Å²) in [7, 11) is 0. The highest BCUT2D eigenvalue weighted by molar-refractivity contribution is 7.14. The van der Waals surface area contributed by atoms with Crippen LogP contribution in [0.15, 0.2) is 54.2 Å². The number of H-pyrrole nitrogens is 1. The standard InChI is InChI=1S/C19H14F3N5OS/c1-11-14(9-24-27(11)13-5-2-4-12(8-13)19(20,21)22)17(28)26-18-25-16(10-29-18)15-6-3-7-23-15/h2-10,23H,1H3,(H,25,26,28). The van der Waals surface area contributed by atoms with Crippen LogP contribution < -0.4 is 5.32 Å². The molecule has 0 saturated carbocycles. The second-order valence-corrected chi connectivity index (χ2v) is 7.04. The van der Waals surface area contributed by atoms with Gasteiger partial charge in [0.15, 0.2) is 5.13 Å². The van der Waals surface area contributed by atoms with Gasteiger partial charge in [-0.1, -0.05) is 6.07 Å². The van der Waals surface area contributed by atoms with Crippen LogP contribution in [-0.4, -0.2) is 25.7 Å². The number of carbonyl (C=O) groups is 1. The number of hydrogen-bond acceptors (Lipinski definition) is 4. The van der Waals surface area contributed by atoms with Gasteiger partial charge in [-0.3, -0.25) is 10.1 Å². The summed E-state index contributed by atoms with van der Waals surface area (Å²) in [5.41, 5.74) is 1.64. The third-order valence-electron chi connectivity index (χ3n) is 4.27. The molecule has 0 bridgehead atoms. The van der Waals surface area contributed by atoms with Crippen LogP contribution in [-0.2, 0) is 6.18 Å². The predicted octanol–water partition coefficient (Wildman–Crippen LogP) is 4.90. The summed E-state index contributed by atoms with van der Waals surface area (Å²) in [6, 6.07) is 8.49. The van der Waals surface area contributed by atoms with E-state index in [9.17, 15) is 18.0 Å².